The van der Waals surface area contributed by atoms with Gasteiger partial charge in [-0.25, -0.2) is 0 Å². The van der Waals surface area contributed by atoms with Crippen molar-refractivity contribution in [3.05, 3.63) is 0 Å². The van der Waals surface area contributed by atoms with E-state index in [1.165, 1.54) is 56.8 Å². The number of hydrogen-bond acceptors (Lipinski definition) is 4. The monoisotopic (exact) mass is 294 g/mol. The number of aliphatic hydroxyl groups excluding tert-OH is 1. The standard InChI is InChI=1S/C13H26N2OS.ClH/c16-8-7-15(13-2-1-9-17-11-13)10-12-3-5-14-6-4-12;/h12-14,16H,1-11H2;1H. The van der Waals surface area contributed by atoms with Crippen molar-refractivity contribution in [2.75, 3.05) is 44.3 Å². The minimum atomic E-state index is 0. The minimum absolute atomic E-state index is 0. The van der Waals surface area contributed by atoms with E-state index in [4.69, 9.17) is 0 Å². The molecule has 0 aliphatic carbocycles. The maximum Gasteiger partial charge on any atom is 0.0558 e. The van der Waals surface area contributed by atoms with E-state index in [2.05, 4.69) is 22.0 Å². The van der Waals surface area contributed by atoms with Crippen LogP contribution in [-0.2, 0) is 0 Å². The number of halogens is 1. The van der Waals surface area contributed by atoms with E-state index in [-0.39, 0.29) is 12.4 Å². The molecular weight excluding hydrogens is 268 g/mol. The summed E-state index contributed by atoms with van der Waals surface area (Å²) in [5, 5.41) is 12.7. The molecule has 0 aromatic rings. The van der Waals surface area contributed by atoms with Gasteiger partial charge in [0.25, 0.3) is 0 Å². The van der Waals surface area contributed by atoms with Gasteiger partial charge in [0.05, 0.1) is 6.61 Å². The first-order valence-electron chi connectivity index (χ1n) is 7.03. The predicted octanol–water partition coefficient (Wildman–Crippen LogP) is 1.60. The van der Waals surface area contributed by atoms with Crippen molar-refractivity contribution in [2.24, 2.45) is 5.92 Å². The SMILES string of the molecule is Cl.OCCN(CC1CCNCC1)C1CCCSC1. The molecule has 3 nitrogen and oxygen atoms in total. The molecule has 0 aromatic carbocycles. The number of nitrogens with one attached hydrogen (secondary N) is 1. The molecule has 2 aliphatic rings. The van der Waals surface area contributed by atoms with Crippen LogP contribution in [0.2, 0.25) is 0 Å². The van der Waals surface area contributed by atoms with Gasteiger partial charge in [-0.05, 0) is 50.4 Å². The van der Waals surface area contributed by atoms with Crippen LogP contribution in [0.4, 0.5) is 0 Å². The first kappa shape index (κ1) is 16.6. The summed E-state index contributed by atoms with van der Waals surface area (Å²) < 4.78 is 0. The van der Waals surface area contributed by atoms with Crippen LogP contribution < -0.4 is 5.32 Å². The van der Waals surface area contributed by atoms with Crippen molar-refractivity contribution in [3.63, 3.8) is 0 Å². The van der Waals surface area contributed by atoms with Gasteiger partial charge < -0.3 is 10.4 Å². The Balaban J connectivity index is 0.00000162. The molecule has 18 heavy (non-hydrogen) atoms. The average Bonchev–Trinajstić information content (AvgIpc) is 2.40. The smallest absolute Gasteiger partial charge is 0.0558 e. The fourth-order valence-corrected chi connectivity index (χ4v) is 4.15. The molecule has 0 radical (unpaired) electrons. The first-order chi connectivity index (χ1) is 8.40. The Morgan fingerprint density at radius 3 is 2.61 bits per heavy atom. The molecule has 2 N–H and O–H groups in total. The lowest BCUT2D eigenvalue weighted by Gasteiger charge is -2.37. The van der Waals surface area contributed by atoms with E-state index in [0.29, 0.717) is 6.61 Å². The number of nitrogens with zero attached hydrogens (tertiary/aromatic N) is 1. The highest BCUT2D eigenvalue weighted by atomic mass is 35.5. The van der Waals surface area contributed by atoms with Gasteiger partial charge in [0.2, 0.25) is 0 Å². The molecule has 2 fully saturated rings. The number of hydrogen-bond donors (Lipinski definition) is 2. The summed E-state index contributed by atoms with van der Waals surface area (Å²) in [5.41, 5.74) is 0. The Hall–Kier alpha value is 0.520. The van der Waals surface area contributed by atoms with Crippen molar-refractivity contribution < 1.29 is 5.11 Å². The fraction of sp³-hybridized carbons (Fsp3) is 1.00. The van der Waals surface area contributed by atoms with Crippen molar-refractivity contribution in [1.82, 2.24) is 10.2 Å². The zero-order valence-electron chi connectivity index (χ0n) is 11.1. The summed E-state index contributed by atoms with van der Waals surface area (Å²) in [6.45, 7) is 4.74. The molecule has 0 amide bonds. The molecular formula is C13H27ClN2OS. The maximum atomic E-state index is 9.24. The number of rotatable bonds is 5. The van der Waals surface area contributed by atoms with Crippen LogP contribution >= 0.6 is 24.2 Å². The highest BCUT2D eigenvalue weighted by Crippen LogP contribution is 2.23. The third-order valence-electron chi connectivity index (χ3n) is 3.99. The Morgan fingerprint density at radius 1 is 1.22 bits per heavy atom. The molecule has 1 unspecified atom stereocenters. The second-order valence-corrected chi connectivity index (χ2v) is 6.43. The summed E-state index contributed by atoms with van der Waals surface area (Å²) in [6.07, 6.45) is 5.30. The molecule has 108 valence electrons. The number of aliphatic hydroxyl groups is 1. The minimum Gasteiger partial charge on any atom is -0.395 e. The van der Waals surface area contributed by atoms with Gasteiger partial charge in [0.1, 0.15) is 0 Å². The molecule has 2 heterocycles. The van der Waals surface area contributed by atoms with Crippen LogP contribution in [0.3, 0.4) is 0 Å². The van der Waals surface area contributed by atoms with Gasteiger partial charge in [-0.1, -0.05) is 0 Å². The van der Waals surface area contributed by atoms with Crippen molar-refractivity contribution in [1.29, 1.82) is 0 Å². The van der Waals surface area contributed by atoms with Crippen molar-refractivity contribution in [2.45, 2.75) is 31.7 Å². The Kier molecular flexibility index (Phi) is 8.68. The molecule has 2 rings (SSSR count). The Bertz CT molecular complexity index is 209. The van der Waals surface area contributed by atoms with E-state index >= 15 is 0 Å². The number of piperidine rings is 1. The predicted molar refractivity (Wildman–Crippen MR) is 81.8 cm³/mol. The van der Waals surface area contributed by atoms with E-state index in [1.54, 1.807) is 0 Å². The summed E-state index contributed by atoms with van der Waals surface area (Å²) in [4.78, 5) is 2.56. The molecule has 0 spiro atoms. The molecule has 0 bridgehead atoms. The Labute approximate surface area is 121 Å². The molecule has 1 atom stereocenters. The maximum absolute atomic E-state index is 9.24. The van der Waals surface area contributed by atoms with Crippen LogP contribution in [-0.4, -0.2) is 60.3 Å². The van der Waals surface area contributed by atoms with Gasteiger partial charge >= 0.3 is 0 Å². The van der Waals surface area contributed by atoms with Crippen LogP contribution in [0.25, 0.3) is 0 Å². The molecule has 2 aliphatic heterocycles. The quantitative estimate of drug-likeness (QED) is 0.807. The van der Waals surface area contributed by atoms with Crippen molar-refractivity contribution in [3.8, 4) is 0 Å². The summed E-state index contributed by atoms with van der Waals surface area (Å²) in [6, 6.07) is 0.718. The fourth-order valence-electron chi connectivity index (χ4n) is 2.96. The zero-order valence-corrected chi connectivity index (χ0v) is 12.8. The van der Waals surface area contributed by atoms with E-state index in [9.17, 15) is 5.11 Å². The normalized spacial score (nSPS) is 26.0. The van der Waals surface area contributed by atoms with Gasteiger partial charge in [-0.2, -0.15) is 11.8 Å². The summed E-state index contributed by atoms with van der Waals surface area (Å²) in [7, 11) is 0. The summed E-state index contributed by atoms with van der Waals surface area (Å²) >= 11 is 2.08. The zero-order chi connectivity index (χ0) is 11.9. The molecule has 0 aromatic heterocycles. The van der Waals surface area contributed by atoms with Crippen LogP contribution in [0.5, 0.6) is 0 Å². The molecule has 2 saturated heterocycles. The van der Waals surface area contributed by atoms with E-state index in [0.717, 1.165) is 18.5 Å². The highest BCUT2D eigenvalue weighted by Gasteiger charge is 2.24. The largest absolute Gasteiger partial charge is 0.395 e. The topological polar surface area (TPSA) is 35.5 Å². The Morgan fingerprint density at radius 2 is 2.00 bits per heavy atom. The lowest BCUT2D eigenvalue weighted by atomic mass is 9.96. The second kappa shape index (κ2) is 9.43. The van der Waals surface area contributed by atoms with E-state index in [1.807, 2.05) is 0 Å². The van der Waals surface area contributed by atoms with Gasteiger partial charge in [-0.15, -0.1) is 12.4 Å². The molecule has 5 heteroatoms. The second-order valence-electron chi connectivity index (χ2n) is 5.28. The lowest BCUT2D eigenvalue weighted by molar-refractivity contribution is 0.123. The van der Waals surface area contributed by atoms with Crippen LogP contribution in [0.15, 0.2) is 0 Å². The van der Waals surface area contributed by atoms with Crippen LogP contribution in [0.1, 0.15) is 25.7 Å². The molecule has 0 saturated carbocycles. The average molecular weight is 295 g/mol. The van der Waals surface area contributed by atoms with Crippen molar-refractivity contribution >= 4 is 24.2 Å². The van der Waals surface area contributed by atoms with Gasteiger partial charge in [-0.3, -0.25) is 4.90 Å². The van der Waals surface area contributed by atoms with Gasteiger partial charge in [0, 0.05) is 24.9 Å². The van der Waals surface area contributed by atoms with E-state index < -0.39 is 0 Å². The first-order valence-corrected chi connectivity index (χ1v) is 8.19. The number of thioether (sulfide) groups is 1. The van der Waals surface area contributed by atoms with Crippen LogP contribution in [0, 0.1) is 5.92 Å². The third kappa shape index (κ3) is 5.25. The highest BCUT2D eigenvalue weighted by molar-refractivity contribution is 7.99. The van der Waals surface area contributed by atoms with Gasteiger partial charge in [0.15, 0.2) is 0 Å². The third-order valence-corrected chi connectivity index (χ3v) is 5.19. The lowest BCUT2D eigenvalue weighted by Crippen LogP contribution is -2.45. The summed E-state index contributed by atoms with van der Waals surface area (Å²) in [5.74, 6) is 3.44.